The minimum Gasteiger partial charge on any atom is -0.352 e. The first-order chi connectivity index (χ1) is 15.6. The number of nitrogens with zero attached hydrogens (tertiary/aromatic N) is 2. The van der Waals surface area contributed by atoms with Gasteiger partial charge in [0.1, 0.15) is 5.82 Å². The maximum atomic E-state index is 13.7. The normalized spacial score (nSPS) is 11.7. The van der Waals surface area contributed by atoms with Crippen molar-refractivity contribution in [2.24, 2.45) is 0 Å². The van der Waals surface area contributed by atoms with E-state index in [9.17, 15) is 17.6 Å². The minimum absolute atomic E-state index is 0.110. The predicted octanol–water partition coefficient (Wildman–Crippen LogP) is 3.26. The van der Waals surface area contributed by atoms with Crippen LogP contribution in [0.2, 0.25) is 0 Å². The zero-order chi connectivity index (χ0) is 24.0. The van der Waals surface area contributed by atoms with Crippen LogP contribution in [0.5, 0.6) is 0 Å². The van der Waals surface area contributed by atoms with Crippen LogP contribution in [0.3, 0.4) is 0 Å². The van der Waals surface area contributed by atoms with Crippen LogP contribution in [0, 0.1) is 12.7 Å². The quantitative estimate of drug-likeness (QED) is 0.466. The molecule has 0 radical (unpaired) electrons. The zero-order valence-corrected chi connectivity index (χ0v) is 19.6. The van der Waals surface area contributed by atoms with Gasteiger partial charge in [-0.2, -0.15) is 4.98 Å². The van der Waals surface area contributed by atoms with Gasteiger partial charge in [-0.1, -0.05) is 41.6 Å². The number of amides is 1. The molecule has 176 valence electrons. The second kappa shape index (κ2) is 10.7. The van der Waals surface area contributed by atoms with Gasteiger partial charge < -0.3 is 9.84 Å². The number of aryl methyl sites for hydroxylation is 2. The number of hydrogen-bond donors (Lipinski definition) is 2. The first-order valence-electron chi connectivity index (χ1n) is 10.6. The fraction of sp³-hybridized carbons (Fsp3) is 0.348. The molecule has 2 aromatic carbocycles. The highest BCUT2D eigenvalue weighted by Crippen LogP contribution is 2.19. The molecule has 2 N–H and O–H groups in total. The number of halogens is 1. The van der Waals surface area contributed by atoms with Crippen LogP contribution in [-0.2, 0) is 33.5 Å². The van der Waals surface area contributed by atoms with E-state index in [1.54, 1.807) is 57.2 Å². The lowest BCUT2D eigenvalue weighted by atomic mass is 10.1. The molecule has 10 heteroatoms. The summed E-state index contributed by atoms with van der Waals surface area (Å²) < 4.78 is 46.0. The highest BCUT2D eigenvalue weighted by atomic mass is 32.2. The highest BCUT2D eigenvalue weighted by Gasteiger charge is 2.16. The lowest BCUT2D eigenvalue weighted by molar-refractivity contribution is -0.121. The molecule has 3 aromatic rings. The monoisotopic (exact) mass is 474 g/mol. The maximum absolute atomic E-state index is 13.7. The summed E-state index contributed by atoms with van der Waals surface area (Å²) >= 11 is 0. The number of rotatable bonds is 10. The molecule has 0 saturated heterocycles. The highest BCUT2D eigenvalue weighted by molar-refractivity contribution is 7.88. The molecule has 0 aliphatic heterocycles. The van der Waals surface area contributed by atoms with E-state index >= 15 is 0 Å². The van der Waals surface area contributed by atoms with Gasteiger partial charge in [0.15, 0.2) is 0 Å². The average molecular weight is 475 g/mol. The molecule has 0 unspecified atom stereocenters. The van der Waals surface area contributed by atoms with Gasteiger partial charge in [-0.25, -0.2) is 17.5 Å². The van der Waals surface area contributed by atoms with Crippen molar-refractivity contribution in [2.75, 3.05) is 0 Å². The van der Waals surface area contributed by atoms with Gasteiger partial charge >= 0.3 is 0 Å². The van der Waals surface area contributed by atoms with Gasteiger partial charge in [-0.05, 0) is 43.5 Å². The van der Waals surface area contributed by atoms with Gasteiger partial charge in [0.25, 0.3) is 0 Å². The number of hydrogen-bond acceptors (Lipinski definition) is 6. The molecule has 0 fully saturated rings. The summed E-state index contributed by atoms with van der Waals surface area (Å²) in [4.78, 5) is 16.5. The van der Waals surface area contributed by atoms with Crippen molar-refractivity contribution >= 4 is 15.9 Å². The SMILES string of the molecule is Cc1ccc(-c2noc(CCC(=O)NCc3ccccc3CS(=O)(=O)NC(C)C)n2)cc1F. The van der Waals surface area contributed by atoms with E-state index in [0.717, 1.165) is 5.56 Å². The molecule has 0 bridgehead atoms. The Labute approximate surface area is 192 Å². The molecule has 0 spiro atoms. The van der Waals surface area contributed by atoms with Crippen LogP contribution >= 0.6 is 0 Å². The molecule has 0 aliphatic rings. The fourth-order valence-corrected chi connectivity index (χ4v) is 4.68. The van der Waals surface area contributed by atoms with Gasteiger partial charge in [0.05, 0.1) is 5.75 Å². The molecule has 1 aromatic heterocycles. The molecular weight excluding hydrogens is 447 g/mol. The Kier molecular flexibility index (Phi) is 7.93. The van der Waals surface area contributed by atoms with Crippen LogP contribution in [0.4, 0.5) is 4.39 Å². The average Bonchev–Trinajstić information content (AvgIpc) is 3.21. The molecule has 33 heavy (non-hydrogen) atoms. The van der Waals surface area contributed by atoms with E-state index in [-0.39, 0.29) is 54.6 Å². The van der Waals surface area contributed by atoms with Crippen molar-refractivity contribution in [3.63, 3.8) is 0 Å². The number of aromatic nitrogens is 2. The standard InChI is InChI=1S/C23H27FN4O4S/c1-15(2)28-33(30,31)14-19-7-5-4-6-18(19)13-25-21(29)10-11-22-26-23(27-32-22)17-9-8-16(3)20(24)12-17/h4-9,12,15,28H,10-11,13-14H2,1-3H3,(H,25,29). The summed E-state index contributed by atoms with van der Waals surface area (Å²) in [7, 11) is -3.48. The third kappa shape index (κ3) is 7.19. The molecule has 0 aliphatic carbocycles. The Bertz CT molecular complexity index is 1220. The van der Waals surface area contributed by atoms with Crippen LogP contribution in [0.1, 0.15) is 42.8 Å². The molecule has 8 nitrogen and oxygen atoms in total. The summed E-state index contributed by atoms with van der Waals surface area (Å²) in [6, 6.07) is 11.5. The van der Waals surface area contributed by atoms with E-state index in [1.165, 1.54) is 6.07 Å². The van der Waals surface area contributed by atoms with Crippen molar-refractivity contribution in [1.29, 1.82) is 0 Å². The van der Waals surface area contributed by atoms with Gasteiger partial charge in [0, 0.05) is 31.0 Å². The molecule has 0 atom stereocenters. The lowest BCUT2D eigenvalue weighted by Gasteiger charge is -2.13. The summed E-state index contributed by atoms with van der Waals surface area (Å²) in [6.45, 7) is 5.38. The second-order valence-corrected chi connectivity index (χ2v) is 9.81. The van der Waals surface area contributed by atoms with Crippen molar-refractivity contribution in [3.8, 4) is 11.4 Å². The van der Waals surface area contributed by atoms with Crippen molar-refractivity contribution in [3.05, 3.63) is 70.9 Å². The van der Waals surface area contributed by atoms with Crippen LogP contribution in [0.25, 0.3) is 11.4 Å². The molecule has 3 rings (SSSR count). The Morgan fingerprint density at radius 2 is 1.88 bits per heavy atom. The third-order valence-corrected chi connectivity index (χ3v) is 6.34. The van der Waals surface area contributed by atoms with Crippen molar-refractivity contribution in [2.45, 2.75) is 52.0 Å². The topological polar surface area (TPSA) is 114 Å². The fourth-order valence-electron chi connectivity index (χ4n) is 3.18. The second-order valence-electron chi connectivity index (χ2n) is 8.05. The summed E-state index contributed by atoms with van der Waals surface area (Å²) in [5, 5.41) is 6.64. The number of carbonyl (C=O) groups excluding carboxylic acids is 1. The molecular formula is C23H27FN4O4S. The van der Waals surface area contributed by atoms with Crippen LogP contribution in [-0.4, -0.2) is 30.5 Å². The van der Waals surface area contributed by atoms with Gasteiger partial charge in [-0.15, -0.1) is 0 Å². The zero-order valence-electron chi connectivity index (χ0n) is 18.8. The molecule has 1 heterocycles. The summed E-state index contributed by atoms with van der Waals surface area (Å²) in [6.07, 6.45) is 0.334. The van der Waals surface area contributed by atoms with Crippen molar-refractivity contribution < 1.29 is 22.1 Å². The minimum atomic E-state index is -3.48. The number of carbonyl (C=O) groups is 1. The van der Waals surface area contributed by atoms with Crippen LogP contribution < -0.4 is 10.0 Å². The first kappa shape index (κ1) is 24.5. The third-order valence-electron chi connectivity index (χ3n) is 4.82. The van der Waals surface area contributed by atoms with E-state index in [0.29, 0.717) is 16.7 Å². The Balaban J connectivity index is 1.54. The largest absolute Gasteiger partial charge is 0.352 e. The summed E-state index contributed by atoms with van der Waals surface area (Å²) in [5.41, 5.74) is 2.37. The Morgan fingerprint density at radius 3 is 2.58 bits per heavy atom. The lowest BCUT2D eigenvalue weighted by Crippen LogP contribution is -2.32. The van der Waals surface area contributed by atoms with E-state index < -0.39 is 10.0 Å². The van der Waals surface area contributed by atoms with Gasteiger partial charge in [0.2, 0.25) is 27.6 Å². The van der Waals surface area contributed by atoms with E-state index in [4.69, 9.17) is 4.52 Å². The number of sulfonamides is 1. The maximum Gasteiger partial charge on any atom is 0.227 e. The van der Waals surface area contributed by atoms with E-state index in [2.05, 4.69) is 20.2 Å². The predicted molar refractivity (Wildman–Crippen MR) is 122 cm³/mol. The number of nitrogens with one attached hydrogen (secondary N) is 2. The Morgan fingerprint density at radius 1 is 1.15 bits per heavy atom. The number of benzene rings is 2. The van der Waals surface area contributed by atoms with Crippen molar-refractivity contribution in [1.82, 2.24) is 20.2 Å². The molecule has 0 saturated carbocycles. The van der Waals surface area contributed by atoms with E-state index in [1.807, 2.05) is 0 Å². The smallest absolute Gasteiger partial charge is 0.227 e. The summed E-state index contributed by atoms with van der Waals surface area (Å²) in [5.74, 6) is -0.232. The first-order valence-corrected chi connectivity index (χ1v) is 12.2. The van der Waals surface area contributed by atoms with Crippen LogP contribution in [0.15, 0.2) is 47.0 Å². The Hall–Kier alpha value is -3.11. The van der Waals surface area contributed by atoms with Gasteiger partial charge in [-0.3, -0.25) is 4.79 Å². The molecule has 1 amide bonds.